The lowest BCUT2D eigenvalue weighted by Crippen LogP contribution is -2.39. The molecule has 0 spiro atoms. The van der Waals surface area contributed by atoms with E-state index in [-0.39, 0.29) is 5.54 Å². The molecule has 0 aliphatic rings. The molecule has 0 saturated carbocycles. The van der Waals surface area contributed by atoms with Gasteiger partial charge in [0, 0.05) is 12.5 Å². The SMILES string of the molecule is CC(=O)O.CCCCCCCCC(C)C(C)(C)N. The van der Waals surface area contributed by atoms with E-state index in [2.05, 4.69) is 27.7 Å². The van der Waals surface area contributed by atoms with Gasteiger partial charge in [0.15, 0.2) is 0 Å². The van der Waals surface area contributed by atoms with E-state index >= 15 is 0 Å². The molecule has 0 aliphatic carbocycles. The summed E-state index contributed by atoms with van der Waals surface area (Å²) in [6, 6.07) is 0. The molecule has 110 valence electrons. The third-order valence-electron chi connectivity index (χ3n) is 3.26. The zero-order valence-corrected chi connectivity index (χ0v) is 13.0. The summed E-state index contributed by atoms with van der Waals surface area (Å²) in [4.78, 5) is 9.00. The van der Waals surface area contributed by atoms with Crippen molar-refractivity contribution in [3.05, 3.63) is 0 Å². The minimum atomic E-state index is -0.833. The van der Waals surface area contributed by atoms with E-state index in [0.29, 0.717) is 5.92 Å². The Morgan fingerprint density at radius 1 is 1.17 bits per heavy atom. The van der Waals surface area contributed by atoms with E-state index < -0.39 is 5.97 Å². The lowest BCUT2D eigenvalue weighted by molar-refractivity contribution is -0.134. The Hall–Kier alpha value is -0.570. The predicted octanol–water partition coefficient (Wildman–Crippen LogP) is 4.20. The summed E-state index contributed by atoms with van der Waals surface area (Å²) in [6.45, 7) is 9.88. The number of aliphatic carboxylic acids is 1. The second kappa shape index (κ2) is 11.5. The number of carboxylic acids is 1. The van der Waals surface area contributed by atoms with Crippen molar-refractivity contribution < 1.29 is 9.90 Å². The molecule has 3 N–H and O–H groups in total. The average Bonchev–Trinajstić information content (AvgIpc) is 2.20. The maximum Gasteiger partial charge on any atom is 0.300 e. The van der Waals surface area contributed by atoms with Crippen LogP contribution in [0.1, 0.15) is 79.6 Å². The van der Waals surface area contributed by atoms with Gasteiger partial charge in [0.25, 0.3) is 5.97 Å². The summed E-state index contributed by atoms with van der Waals surface area (Å²) < 4.78 is 0. The lowest BCUT2D eigenvalue weighted by Gasteiger charge is -2.27. The fraction of sp³-hybridized carbons (Fsp3) is 0.933. The van der Waals surface area contributed by atoms with Crippen LogP contribution in [0.4, 0.5) is 0 Å². The fourth-order valence-electron chi connectivity index (χ4n) is 1.60. The van der Waals surface area contributed by atoms with E-state index in [1.807, 2.05) is 0 Å². The van der Waals surface area contributed by atoms with Crippen LogP contribution in [-0.4, -0.2) is 16.6 Å². The highest BCUT2D eigenvalue weighted by atomic mass is 16.4. The van der Waals surface area contributed by atoms with Gasteiger partial charge in [0.05, 0.1) is 0 Å². The molecule has 0 heterocycles. The van der Waals surface area contributed by atoms with Crippen molar-refractivity contribution in [2.75, 3.05) is 0 Å². The van der Waals surface area contributed by atoms with Gasteiger partial charge in [-0.15, -0.1) is 0 Å². The second-order valence-electron chi connectivity index (χ2n) is 5.80. The first-order valence-corrected chi connectivity index (χ1v) is 7.20. The Bertz CT molecular complexity index is 193. The zero-order chi connectivity index (χ0) is 14.6. The molecule has 0 fully saturated rings. The van der Waals surface area contributed by atoms with Crippen molar-refractivity contribution in [1.82, 2.24) is 0 Å². The summed E-state index contributed by atoms with van der Waals surface area (Å²) in [7, 11) is 0. The molecule has 18 heavy (non-hydrogen) atoms. The second-order valence-corrected chi connectivity index (χ2v) is 5.80. The van der Waals surface area contributed by atoms with Crippen molar-refractivity contribution >= 4 is 5.97 Å². The fourth-order valence-corrected chi connectivity index (χ4v) is 1.60. The molecule has 0 aliphatic heterocycles. The Morgan fingerprint density at radius 3 is 1.94 bits per heavy atom. The van der Waals surface area contributed by atoms with E-state index in [1.54, 1.807) is 0 Å². The molecule has 3 nitrogen and oxygen atoms in total. The number of rotatable bonds is 8. The van der Waals surface area contributed by atoms with E-state index in [0.717, 1.165) is 6.92 Å². The largest absolute Gasteiger partial charge is 0.481 e. The molecule has 0 bridgehead atoms. The molecule has 0 saturated heterocycles. The van der Waals surface area contributed by atoms with Gasteiger partial charge in [-0.05, 0) is 26.2 Å². The lowest BCUT2D eigenvalue weighted by atomic mass is 9.86. The Morgan fingerprint density at radius 2 is 1.56 bits per heavy atom. The third kappa shape index (κ3) is 17.8. The summed E-state index contributed by atoms with van der Waals surface area (Å²) in [5, 5.41) is 7.42. The monoisotopic (exact) mass is 259 g/mol. The highest BCUT2D eigenvalue weighted by Crippen LogP contribution is 2.20. The van der Waals surface area contributed by atoms with Crippen LogP contribution in [0.5, 0.6) is 0 Å². The van der Waals surface area contributed by atoms with Crippen LogP contribution in [0.2, 0.25) is 0 Å². The van der Waals surface area contributed by atoms with Gasteiger partial charge < -0.3 is 10.8 Å². The van der Waals surface area contributed by atoms with Gasteiger partial charge in [0.2, 0.25) is 0 Å². The van der Waals surface area contributed by atoms with Gasteiger partial charge in [0.1, 0.15) is 0 Å². The van der Waals surface area contributed by atoms with Crippen LogP contribution in [0.25, 0.3) is 0 Å². The van der Waals surface area contributed by atoms with Crippen LogP contribution >= 0.6 is 0 Å². The Balaban J connectivity index is 0. The van der Waals surface area contributed by atoms with Gasteiger partial charge in [-0.2, -0.15) is 0 Å². The summed E-state index contributed by atoms with van der Waals surface area (Å²) >= 11 is 0. The first kappa shape index (κ1) is 19.8. The summed E-state index contributed by atoms with van der Waals surface area (Å²) in [6.07, 6.45) is 9.59. The maximum absolute atomic E-state index is 9.00. The minimum Gasteiger partial charge on any atom is -0.481 e. The van der Waals surface area contributed by atoms with Crippen molar-refractivity contribution in [3.63, 3.8) is 0 Å². The van der Waals surface area contributed by atoms with Crippen molar-refractivity contribution in [2.24, 2.45) is 11.7 Å². The molecule has 1 unspecified atom stereocenters. The average molecular weight is 259 g/mol. The molecular formula is C15H33NO2. The minimum absolute atomic E-state index is 0.00339. The van der Waals surface area contributed by atoms with Crippen LogP contribution in [-0.2, 0) is 4.79 Å². The molecule has 0 aromatic carbocycles. The molecule has 1 atom stereocenters. The highest BCUT2D eigenvalue weighted by Gasteiger charge is 2.19. The molecule has 0 aromatic heterocycles. The standard InChI is InChI=1S/C13H29N.C2H4O2/c1-5-6-7-8-9-10-11-12(2)13(3,4)14;1-2(3)4/h12H,5-11,14H2,1-4H3;1H3,(H,3,4). The highest BCUT2D eigenvalue weighted by molar-refractivity contribution is 5.62. The normalized spacial score (nSPS) is 12.6. The maximum atomic E-state index is 9.00. The molecule has 0 aromatic rings. The van der Waals surface area contributed by atoms with Gasteiger partial charge in [-0.3, -0.25) is 4.79 Å². The Labute approximate surface area is 113 Å². The number of hydrogen-bond donors (Lipinski definition) is 2. The first-order valence-electron chi connectivity index (χ1n) is 7.20. The number of unbranched alkanes of at least 4 members (excludes halogenated alkanes) is 5. The smallest absolute Gasteiger partial charge is 0.300 e. The quantitative estimate of drug-likeness (QED) is 0.642. The number of carbonyl (C=O) groups is 1. The summed E-state index contributed by atoms with van der Waals surface area (Å²) in [5.74, 6) is -0.186. The number of nitrogens with two attached hydrogens (primary N) is 1. The number of carboxylic acid groups (broad SMARTS) is 1. The first-order chi connectivity index (χ1) is 8.21. The van der Waals surface area contributed by atoms with E-state index in [1.165, 1.54) is 44.9 Å². The van der Waals surface area contributed by atoms with Gasteiger partial charge in [-0.1, -0.05) is 52.4 Å². The van der Waals surface area contributed by atoms with Crippen molar-refractivity contribution in [3.8, 4) is 0 Å². The van der Waals surface area contributed by atoms with Gasteiger partial charge >= 0.3 is 0 Å². The zero-order valence-electron chi connectivity index (χ0n) is 13.0. The van der Waals surface area contributed by atoms with Crippen molar-refractivity contribution in [2.45, 2.75) is 85.1 Å². The molecule has 0 rings (SSSR count). The summed E-state index contributed by atoms with van der Waals surface area (Å²) in [5.41, 5.74) is 6.04. The van der Waals surface area contributed by atoms with Crippen LogP contribution in [0.15, 0.2) is 0 Å². The van der Waals surface area contributed by atoms with E-state index in [9.17, 15) is 0 Å². The molecule has 3 heteroatoms. The van der Waals surface area contributed by atoms with Crippen LogP contribution in [0.3, 0.4) is 0 Å². The molecule has 0 amide bonds. The Kier molecular flexibility index (Phi) is 12.6. The molecular weight excluding hydrogens is 226 g/mol. The number of hydrogen-bond acceptors (Lipinski definition) is 2. The predicted molar refractivity (Wildman–Crippen MR) is 78.7 cm³/mol. The molecule has 0 radical (unpaired) electrons. The van der Waals surface area contributed by atoms with Crippen LogP contribution in [0, 0.1) is 5.92 Å². The van der Waals surface area contributed by atoms with E-state index in [4.69, 9.17) is 15.6 Å². The van der Waals surface area contributed by atoms with Crippen LogP contribution < -0.4 is 5.73 Å². The topological polar surface area (TPSA) is 63.3 Å². The van der Waals surface area contributed by atoms with Crippen molar-refractivity contribution in [1.29, 1.82) is 0 Å². The third-order valence-corrected chi connectivity index (χ3v) is 3.26. The van der Waals surface area contributed by atoms with Gasteiger partial charge in [-0.25, -0.2) is 0 Å².